The van der Waals surface area contributed by atoms with E-state index in [9.17, 15) is 13.5 Å². The van der Waals surface area contributed by atoms with Gasteiger partial charge in [-0.2, -0.15) is 0 Å². The molecule has 9 nitrogen and oxygen atoms in total. The van der Waals surface area contributed by atoms with Gasteiger partial charge in [0.05, 0.1) is 13.2 Å². The van der Waals surface area contributed by atoms with E-state index in [4.69, 9.17) is 14.6 Å². The minimum absolute atomic E-state index is 0.0476. The van der Waals surface area contributed by atoms with Crippen LogP contribution in [0.5, 0.6) is 5.75 Å². The SMILES string of the molecule is CCCc1c(C2NN=CO2)nc(S(N)(=O)=O)c(OC)c1C(C)O. The molecule has 2 unspecified atom stereocenters. The fourth-order valence-electron chi connectivity index (χ4n) is 2.52. The van der Waals surface area contributed by atoms with Crippen LogP contribution < -0.4 is 15.3 Å². The maximum Gasteiger partial charge on any atom is 0.259 e. The van der Waals surface area contributed by atoms with Crippen LogP contribution in [-0.2, 0) is 21.2 Å². The zero-order chi connectivity index (χ0) is 17.2. The Morgan fingerprint density at radius 2 is 2.26 bits per heavy atom. The van der Waals surface area contributed by atoms with E-state index in [0.717, 1.165) is 6.42 Å². The number of pyridine rings is 1. The number of aromatic nitrogens is 1. The Hall–Kier alpha value is -1.91. The van der Waals surface area contributed by atoms with E-state index in [0.29, 0.717) is 23.2 Å². The maximum atomic E-state index is 11.9. The molecule has 0 saturated carbocycles. The summed E-state index contributed by atoms with van der Waals surface area (Å²) in [5.74, 6) is -0.0476. The van der Waals surface area contributed by atoms with Crippen molar-refractivity contribution in [2.45, 2.75) is 44.0 Å². The second-order valence-corrected chi connectivity index (χ2v) is 6.56. The molecule has 0 amide bonds. The number of nitrogens with zero attached hydrogens (tertiary/aromatic N) is 2. The Morgan fingerprint density at radius 3 is 2.70 bits per heavy atom. The Morgan fingerprint density at radius 1 is 1.57 bits per heavy atom. The lowest BCUT2D eigenvalue weighted by Crippen LogP contribution is -2.23. The number of nitrogens with one attached hydrogen (secondary N) is 1. The van der Waals surface area contributed by atoms with Crippen molar-refractivity contribution >= 4 is 16.4 Å². The number of hydrogen-bond donors (Lipinski definition) is 3. The highest BCUT2D eigenvalue weighted by Gasteiger charge is 2.32. The van der Waals surface area contributed by atoms with Crippen LogP contribution in [0.15, 0.2) is 10.1 Å². The number of hydrazone groups is 1. The third-order valence-corrected chi connectivity index (χ3v) is 4.19. The van der Waals surface area contributed by atoms with E-state index in [1.807, 2.05) is 6.92 Å². The minimum Gasteiger partial charge on any atom is -0.493 e. The molecule has 23 heavy (non-hydrogen) atoms. The molecule has 0 bridgehead atoms. The summed E-state index contributed by atoms with van der Waals surface area (Å²) in [5, 5.41) is 18.7. The average molecular weight is 344 g/mol. The van der Waals surface area contributed by atoms with Gasteiger partial charge in [0.25, 0.3) is 10.0 Å². The summed E-state index contributed by atoms with van der Waals surface area (Å²) in [6, 6.07) is 0. The van der Waals surface area contributed by atoms with Gasteiger partial charge in [0.15, 0.2) is 12.2 Å². The summed E-state index contributed by atoms with van der Waals surface area (Å²) in [7, 11) is -2.85. The summed E-state index contributed by atoms with van der Waals surface area (Å²) in [5.41, 5.74) is 3.97. The lowest BCUT2D eigenvalue weighted by molar-refractivity contribution is 0.180. The van der Waals surface area contributed by atoms with E-state index in [1.54, 1.807) is 0 Å². The second-order valence-electron chi connectivity index (χ2n) is 5.08. The van der Waals surface area contributed by atoms with Crippen LogP contribution in [0.2, 0.25) is 0 Å². The molecule has 0 aromatic carbocycles. The molecular weight excluding hydrogens is 324 g/mol. The van der Waals surface area contributed by atoms with E-state index in [2.05, 4.69) is 15.5 Å². The number of primary sulfonamides is 1. The molecule has 0 radical (unpaired) electrons. The standard InChI is InChI=1S/C13H20N4O5S/c1-4-5-8-9(7(2)18)11(21-3)13(23(14,19)20)16-10(8)12-17-15-6-22-12/h6-7,12,17-18H,4-5H2,1-3H3,(H2,14,19,20). The normalized spacial score (nSPS) is 18.4. The summed E-state index contributed by atoms with van der Waals surface area (Å²) >= 11 is 0. The number of hydrogen-bond acceptors (Lipinski definition) is 8. The molecule has 1 aliphatic heterocycles. The highest BCUT2D eigenvalue weighted by atomic mass is 32.2. The monoisotopic (exact) mass is 344 g/mol. The first-order valence-corrected chi connectivity index (χ1v) is 8.59. The molecule has 0 spiro atoms. The van der Waals surface area contributed by atoms with Crippen LogP contribution in [0.25, 0.3) is 0 Å². The molecule has 0 aliphatic carbocycles. The lowest BCUT2D eigenvalue weighted by Gasteiger charge is -2.23. The highest BCUT2D eigenvalue weighted by molar-refractivity contribution is 7.89. The van der Waals surface area contributed by atoms with Crippen molar-refractivity contribution in [3.63, 3.8) is 0 Å². The van der Waals surface area contributed by atoms with Gasteiger partial charge in [-0.25, -0.2) is 18.5 Å². The molecule has 128 valence electrons. The van der Waals surface area contributed by atoms with Crippen molar-refractivity contribution in [2.24, 2.45) is 10.2 Å². The van der Waals surface area contributed by atoms with Crippen molar-refractivity contribution in [3.05, 3.63) is 16.8 Å². The third kappa shape index (κ3) is 3.38. The molecule has 1 aromatic heterocycles. The first-order valence-electron chi connectivity index (χ1n) is 7.05. The maximum absolute atomic E-state index is 11.9. The molecule has 0 fully saturated rings. The Balaban J connectivity index is 2.81. The second kappa shape index (κ2) is 6.69. The van der Waals surface area contributed by atoms with Gasteiger partial charge in [0.1, 0.15) is 5.69 Å². The highest BCUT2D eigenvalue weighted by Crippen LogP contribution is 2.37. The van der Waals surface area contributed by atoms with E-state index >= 15 is 0 Å². The molecule has 1 aromatic rings. The third-order valence-electron chi connectivity index (χ3n) is 3.38. The van der Waals surface area contributed by atoms with Gasteiger partial charge in [-0.15, -0.1) is 5.10 Å². The number of nitrogens with two attached hydrogens (primary N) is 1. The molecular formula is C13H20N4O5S. The molecule has 2 atom stereocenters. The van der Waals surface area contributed by atoms with Crippen LogP contribution in [0.4, 0.5) is 0 Å². The fraction of sp³-hybridized carbons (Fsp3) is 0.538. The van der Waals surface area contributed by atoms with Gasteiger partial charge in [-0.05, 0) is 18.9 Å². The van der Waals surface area contributed by atoms with Crippen molar-refractivity contribution in [1.82, 2.24) is 10.4 Å². The van der Waals surface area contributed by atoms with Crippen LogP contribution in [-0.4, -0.2) is 32.0 Å². The Bertz CT molecular complexity index is 710. The topological polar surface area (TPSA) is 136 Å². The van der Waals surface area contributed by atoms with Crippen molar-refractivity contribution < 1.29 is 23.0 Å². The van der Waals surface area contributed by atoms with Crippen molar-refractivity contribution in [1.29, 1.82) is 0 Å². The predicted octanol–water partition coefficient (Wildman–Crippen LogP) is 0.305. The van der Waals surface area contributed by atoms with Gasteiger partial charge in [-0.1, -0.05) is 13.3 Å². The summed E-state index contributed by atoms with van der Waals surface area (Å²) < 4.78 is 34.2. The summed E-state index contributed by atoms with van der Waals surface area (Å²) in [6.45, 7) is 3.47. The summed E-state index contributed by atoms with van der Waals surface area (Å²) in [6.07, 6.45) is 0.771. The number of methoxy groups -OCH3 is 1. The predicted molar refractivity (Wildman–Crippen MR) is 82.2 cm³/mol. The molecule has 10 heteroatoms. The van der Waals surface area contributed by atoms with Crippen molar-refractivity contribution in [3.8, 4) is 5.75 Å². The van der Waals surface area contributed by atoms with Gasteiger partial charge in [0, 0.05) is 5.56 Å². The Labute approximate surface area is 134 Å². The molecule has 4 N–H and O–H groups in total. The van der Waals surface area contributed by atoms with Gasteiger partial charge in [-0.3, -0.25) is 5.43 Å². The van der Waals surface area contributed by atoms with E-state index < -0.39 is 27.4 Å². The molecule has 2 heterocycles. The van der Waals surface area contributed by atoms with Crippen LogP contribution in [0.3, 0.4) is 0 Å². The number of aliphatic hydroxyl groups is 1. The van der Waals surface area contributed by atoms with Crippen LogP contribution >= 0.6 is 0 Å². The van der Waals surface area contributed by atoms with Gasteiger partial charge in [0.2, 0.25) is 11.3 Å². The number of rotatable bonds is 6. The van der Waals surface area contributed by atoms with Gasteiger partial charge >= 0.3 is 0 Å². The Kier molecular flexibility index (Phi) is 5.07. The van der Waals surface area contributed by atoms with E-state index in [-0.39, 0.29) is 5.75 Å². The largest absolute Gasteiger partial charge is 0.493 e. The van der Waals surface area contributed by atoms with Gasteiger partial charge < -0.3 is 14.6 Å². The quantitative estimate of drug-likeness (QED) is 0.675. The minimum atomic E-state index is -4.16. The van der Waals surface area contributed by atoms with Crippen molar-refractivity contribution in [2.75, 3.05) is 7.11 Å². The van der Waals surface area contributed by atoms with Crippen LogP contribution in [0, 0.1) is 0 Å². The lowest BCUT2D eigenvalue weighted by atomic mass is 9.96. The zero-order valence-corrected chi connectivity index (χ0v) is 13.9. The number of ether oxygens (including phenoxy) is 2. The first-order chi connectivity index (χ1) is 10.8. The first kappa shape index (κ1) is 17.4. The molecule has 0 saturated heterocycles. The number of sulfonamides is 1. The smallest absolute Gasteiger partial charge is 0.259 e. The number of aliphatic hydroxyl groups excluding tert-OH is 1. The van der Waals surface area contributed by atoms with E-state index in [1.165, 1.54) is 20.4 Å². The molecule has 2 rings (SSSR count). The summed E-state index contributed by atoms with van der Waals surface area (Å²) in [4.78, 5) is 4.14. The zero-order valence-electron chi connectivity index (χ0n) is 13.1. The average Bonchev–Trinajstić information content (AvgIpc) is 2.99. The molecule has 1 aliphatic rings. The fourth-order valence-corrected chi connectivity index (χ4v) is 3.20. The van der Waals surface area contributed by atoms with Crippen LogP contribution in [0.1, 0.15) is 49.4 Å².